The molecule has 0 saturated carbocycles. The van der Waals surface area contributed by atoms with Gasteiger partial charge in [0.25, 0.3) is 5.91 Å². The van der Waals surface area contributed by atoms with Crippen LogP contribution in [-0.4, -0.2) is 53.0 Å². The van der Waals surface area contributed by atoms with Gasteiger partial charge in [0.15, 0.2) is 0 Å². The van der Waals surface area contributed by atoms with Gasteiger partial charge in [0.1, 0.15) is 24.1 Å². The van der Waals surface area contributed by atoms with Gasteiger partial charge in [0.05, 0.1) is 24.8 Å². The van der Waals surface area contributed by atoms with E-state index in [1.807, 2.05) is 31.2 Å². The highest BCUT2D eigenvalue weighted by molar-refractivity contribution is 6.53. The minimum atomic E-state index is -1.08. The maximum absolute atomic E-state index is 13.3. The molecule has 0 unspecified atom stereocenters. The Balaban J connectivity index is 1.40. The zero-order chi connectivity index (χ0) is 25.4. The number of carbonyl (C=O) groups excluding carboxylic acids is 4. The van der Waals surface area contributed by atoms with Crippen LogP contribution in [-0.2, 0) is 14.4 Å². The van der Waals surface area contributed by atoms with Crippen molar-refractivity contribution in [1.82, 2.24) is 9.91 Å². The number of ether oxygens (including phenoxy) is 1. The van der Waals surface area contributed by atoms with Crippen molar-refractivity contribution >= 4 is 35.2 Å². The number of carbonyl (C=O) groups is 4. The van der Waals surface area contributed by atoms with E-state index in [4.69, 9.17) is 9.15 Å². The first-order valence-corrected chi connectivity index (χ1v) is 11.2. The van der Waals surface area contributed by atoms with Gasteiger partial charge >= 0.3 is 17.8 Å². The zero-order valence-electron chi connectivity index (χ0n) is 19.6. The molecule has 10 heteroatoms. The summed E-state index contributed by atoms with van der Waals surface area (Å²) >= 11 is 0. The van der Waals surface area contributed by atoms with E-state index in [1.54, 1.807) is 24.3 Å². The molecular formula is C26H22N4O6. The number of benzene rings is 2. The molecule has 1 saturated heterocycles. The van der Waals surface area contributed by atoms with Crippen molar-refractivity contribution in [2.45, 2.75) is 19.4 Å². The summed E-state index contributed by atoms with van der Waals surface area (Å²) in [7, 11) is 1.49. The number of anilines is 1. The zero-order valence-corrected chi connectivity index (χ0v) is 19.6. The van der Waals surface area contributed by atoms with Gasteiger partial charge in [-0.2, -0.15) is 5.10 Å². The molecule has 1 fully saturated rings. The molecule has 0 N–H and O–H groups in total. The quantitative estimate of drug-likeness (QED) is 0.390. The van der Waals surface area contributed by atoms with Gasteiger partial charge in [-0.1, -0.05) is 29.8 Å². The van der Waals surface area contributed by atoms with Gasteiger partial charge in [-0.05, 0) is 48.9 Å². The lowest BCUT2D eigenvalue weighted by Gasteiger charge is -2.22. The van der Waals surface area contributed by atoms with E-state index in [0.29, 0.717) is 28.5 Å². The minimum absolute atomic E-state index is 0.198. The number of hydrazone groups is 1. The Kier molecular flexibility index (Phi) is 5.85. The fourth-order valence-electron chi connectivity index (χ4n) is 4.17. The summed E-state index contributed by atoms with van der Waals surface area (Å²) < 4.78 is 10.6. The number of furan rings is 1. The molecule has 3 heterocycles. The Morgan fingerprint density at radius 3 is 2.39 bits per heavy atom. The van der Waals surface area contributed by atoms with Crippen LogP contribution in [0.4, 0.5) is 10.5 Å². The molecule has 182 valence electrons. The summed E-state index contributed by atoms with van der Waals surface area (Å²) in [5.41, 5.74) is 2.80. The molecule has 5 rings (SSSR count). The summed E-state index contributed by atoms with van der Waals surface area (Å²) in [6.07, 6.45) is 1.89. The van der Waals surface area contributed by atoms with E-state index >= 15 is 0 Å². The largest absolute Gasteiger partial charge is 0.497 e. The predicted octanol–water partition coefficient (Wildman–Crippen LogP) is 3.27. The highest BCUT2D eigenvalue weighted by Gasteiger charge is 2.47. The number of nitrogens with zero attached hydrogens (tertiary/aromatic N) is 4. The SMILES string of the molecule is COc1ccc(N2C(=O)C(=O)N(CC(=O)N3N=C(c4ccc(C)cc4)C[C@H]3c3ccco3)C2=O)cc1. The number of rotatable bonds is 6. The van der Waals surface area contributed by atoms with Crippen molar-refractivity contribution in [3.05, 3.63) is 83.8 Å². The fraction of sp³-hybridized carbons (Fsp3) is 0.192. The summed E-state index contributed by atoms with van der Waals surface area (Å²) in [6.45, 7) is 1.33. The standard InChI is InChI=1S/C26H22N4O6/c1-16-5-7-17(8-6-16)20-14-21(22-4-3-13-36-22)30(27-20)23(31)15-28-24(32)25(33)29(26(28)34)18-9-11-19(35-2)12-10-18/h3-13,21H,14-15H2,1-2H3/t21-/m0/s1. The molecular weight excluding hydrogens is 464 g/mol. The van der Waals surface area contributed by atoms with E-state index in [2.05, 4.69) is 5.10 Å². The molecule has 0 radical (unpaired) electrons. The van der Waals surface area contributed by atoms with Gasteiger partial charge in [-0.15, -0.1) is 0 Å². The Labute approximate surface area is 206 Å². The predicted molar refractivity (Wildman–Crippen MR) is 128 cm³/mol. The van der Waals surface area contributed by atoms with Gasteiger partial charge in [0, 0.05) is 6.42 Å². The van der Waals surface area contributed by atoms with Crippen LogP contribution in [0.15, 0.2) is 76.4 Å². The maximum atomic E-state index is 13.3. The van der Waals surface area contributed by atoms with Crippen LogP contribution in [0.25, 0.3) is 0 Å². The van der Waals surface area contributed by atoms with Gasteiger partial charge in [-0.3, -0.25) is 14.4 Å². The van der Waals surface area contributed by atoms with E-state index in [1.165, 1.54) is 30.5 Å². The van der Waals surface area contributed by atoms with E-state index in [0.717, 1.165) is 16.0 Å². The van der Waals surface area contributed by atoms with Crippen molar-refractivity contribution in [2.24, 2.45) is 5.10 Å². The molecule has 2 aromatic carbocycles. The Morgan fingerprint density at radius 2 is 1.75 bits per heavy atom. The lowest BCUT2D eigenvalue weighted by molar-refractivity contribution is -0.143. The maximum Gasteiger partial charge on any atom is 0.339 e. The second-order valence-electron chi connectivity index (χ2n) is 8.40. The molecule has 0 spiro atoms. The van der Waals surface area contributed by atoms with Crippen molar-refractivity contribution in [2.75, 3.05) is 18.6 Å². The first-order chi connectivity index (χ1) is 17.4. The van der Waals surface area contributed by atoms with Crippen LogP contribution >= 0.6 is 0 Å². The Bertz CT molecular complexity index is 1360. The number of hydrogen-bond acceptors (Lipinski definition) is 7. The second-order valence-corrected chi connectivity index (χ2v) is 8.40. The van der Waals surface area contributed by atoms with Crippen LogP contribution < -0.4 is 9.64 Å². The molecule has 1 atom stereocenters. The molecule has 1 aromatic heterocycles. The van der Waals surface area contributed by atoms with Crippen molar-refractivity contribution in [3.63, 3.8) is 0 Å². The van der Waals surface area contributed by atoms with Crippen LogP contribution in [0.2, 0.25) is 0 Å². The third-order valence-corrected chi connectivity index (χ3v) is 6.10. The summed E-state index contributed by atoms with van der Waals surface area (Å²) in [5, 5.41) is 5.73. The number of urea groups is 1. The van der Waals surface area contributed by atoms with Crippen LogP contribution in [0.1, 0.15) is 29.3 Å². The lowest BCUT2D eigenvalue weighted by atomic mass is 10.0. The lowest BCUT2D eigenvalue weighted by Crippen LogP contribution is -2.42. The highest BCUT2D eigenvalue weighted by Crippen LogP contribution is 2.34. The monoisotopic (exact) mass is 486 g/mol. The molecule has 0 bridgehead atoms. The summed E-state index contributed by atoms with van der Waals surface area (Å²) in [5.74, 6) is -1.70. The molecule has 3 aromatic rings. The summed E-state index contributed by atoms with van der Waals surface area (Å²) in [4.78, 5) is 53.0. The van der Waals surface area contributed by atoms with Gasteiger partial charge in [-0.25, -0.2) is 19.6 Å². The third kappa shape index (κ3) is 4.02. The normalized spacial score (nSPS) is 17.7. The first kappa shape index (κ1) is 23.0. The Morgan fingerprint density at radius 1 is 1.03 bits per heavy atom. The number of hydrogen-bond donors (Lipinski definition) is 0. The van der Waals surface area contributed by atoms with Crippen LogP contribution in [0.3, 0.4) is 0 Å². The van der Waals surface area contributed by atoms with E-state index in [-0.39, 0.29) is 5.69 Å². The number of aryl methyl sites for hydroxylation is 1. The number of imide groups is 2. The molecule has 2 aliphatic rings. The second kappa shape index (κ2) is 9.14. The smallest absolute Gasteiger partial charge is 0.339 e. The molecule has 0 aliphatic carbocycles. The third-order valence-electron chi connectivity index (χ3n) is 6.10. The number of amides is 5. The molecule has 2 aliphatic heterocycles. The van der Waals surface area contributed by atoms with Crippen LogP contribution in [0, 0.1) is 6.92 Å². The van der Waals surface area contributed by atoms with E-state index < -0.39 is 36.3 Å². The first-order valence-electron chi connectivity index (χ1n) is 11.2. The van der Waals surface area contributed by atoms with Crippen molar-refractivity contribution in [1.29, 1.82) is 0 Å². The minimum Gasteiger partial charge on any atom is -0.497 e. The average molecular weight is 486 g/mol. The van der Waals surface area contributed by atoms with E-state index in [9.17, 15) is 19.2 Å². The van der Waals surface area contributed by atoms with Crippen LogP contribution in [0.5, 0.6) is 5.75 Å². The molecule has 36 heavy (non-hydrogen) atoms. The fourth-order valence-corrected chi connectivity index (χ4v) is 4.17. The molecule has 5 amide bonds. The summed E-state index contributed by atoms with van der Waals surface area (Å²) in [6, 6.07) is 15.8. The average Bonchev–Trinajstić information content (AvgIpc) is 3.61. The topological polar surface area (TPSA) is 113 Å². The molecule has 10 nitrogen and oxygen atoms in total. The van der Waals surface area contributed by atoms with Gasteiger partial charge < -0.3 is 9.15 Å². The van der Waals surface area contributed by atoms with Crippen molar-refractivity contribution < 1.29 is 28.3 Å². The van der Waals surface area contributed by atoms with Crippen molar-refractivity contribution in [3.8, 4) is 5.75 Å². The Hall–Kier alpha value is -4.73. The van der Waals surface area contributed by atoms with Gasteiger partial charge in [0.2, 0.25) is 0 Å². The highest BCUT2D eigenvalue weighted by atomic mass is 16.5. The number of methoxy groups -OCH3 is 1.